The van der Waals surface area contributed by atoms with Crippen molar-refractivity contribution in [3.63, 3.8) is 0 Å². The molecule has 0 saturated carbocycles. The molecule has 0 atom stereocenters. The fourth-order valence-corrected chi connectivity index (χ4v) is 2.52. The summed E-state index contributed by atoms with van der Waals surface area (Å²) in [5.74, 6) is 0.423. The van der Waals surface area contributed by atoms with Crippen LogP contribution in [0, 0.1) is 13.8 Å². The molecule has 0 bridgehead atoms. The Morgan fingerprint density at radius 1 is 1.04 bits per heavy atom. The van der Waals surface area contributed by atoms with Crippen LogP contribution in [0.3, 0.4) is 0 Å². The molecule has 2 rings (SSSR count). The number of benzene rings is 1. The van der Waals surface area contributed by atoms with Crippen molar-refractivity contribution < 1.29 is 4.79 Å². The molecular weight excluding hydrogens is 300 g/mol. The monoisotopic (exact) mass is 326 g/mol. The van der Waals surface area contributed by atoms with Crippen LogP contribution >= 0.6 is 0 Å². The van der Waals surface area contributed by atoms with Crippen molar-refractivity contribution >= 4 is 17.5 Å². The second-order valence-electron chi connectivity index (χ2n) is 6.00. The maximum Gasteiger partial charge on any atom is 0.272 e. The van der Waals surface area contributed by atoms with Crippen LogP contribution in [0.25, 0.3) is 0 Å². The first-order chi connectivity index (χ1) is 11.5. The summed E-state index contributed by atoms with van der Waals surface area (Å²) >= 11 is 0. The molecular formula is C19H26N4O. The zero-order valence-corrected chi connectivity index (χ0v) is 15.0. The first-order valence-corrected chi connectivity index (χ1v) is 8.52. The van der Waals surface area contributed by atoms with E-state index in [4.69, 9.17) is 0 Å². The summed E-state index contributed by atoms with van der Waals surface area (Å²) < 4.78 is 0. The summed E-state index contributed by atoms with van der Waals surface area (Å²) in [5, 5.41) is 3.18. The lowest BCUT2D eigenvalue weighted by atomic mass is 10.2. The van der Waals surface area contributed by atoms with Crippen LogP contribution in [-0.2, 0) is 0 Å². The van der Waals surface area contributed by atoms with Crippen LogP contribution in [0.5, 0.6) is 0 Å². The van der Waals surface area contributed by atoms with Crippen LogP contribution < -0.4 is 5.32 Å². The standard InChI is InChI=1S/C19H26N4O/c1-5-11-23(12-6-2)18(24)17-13-15(4)20-19(22-17)21-16-9-7-14(3)8-10-16/h7-10,13H,5-6,11-12H2,1-4H3,(H,20,21,22). The minimum absolute atomic E-state index is 0.0313. The normalized spacial score (nSPS) is 10.5. The second-order valence-corrected chi connectivity index (χ2v) is 6.00. The Balaban J connectivity index is 2.23. The van der Waals surface area contributed by atoms with E-state index in [-0.39, 0.29) is 5.91 Å². The van der Waals surface area contributed by atoms with Crippen molar-refractivity contribution in [1.29, 1.82) is 0 Å². The average Bonchev–Trinajstić information content (AvgIpc) is 2.55. The molecule has 0 aliphatic carbocycles. The van der Waals surface area contributed by atoms with E-state index in [2.05, 4.69) is 29.1 Å². The van der Waals surface area contributed by atoms with Crippen LogP contribution in [0.15, 0.2) is 30.3 Å². The molecule has 128 valence electrons. The summed E-state index contributed by atoms with van der Waals surface area (Å²) in [4.78, 5) is 23.4. The van der Waals surface area contributed by atoms with Gasteiger partial charge in [0, 0.05) is 24.5 Å². The Bertz CT molecular complexity index is 676. The highest BCUT2D eigenvalue weighted by atomic mass is 16.2. The number of hydrogen-bond donors (Lipinski definition) is 1. The van der Waals surface area contributed by atoms with Gasteiger partial charge in [-0.15, -0.1) is 0 Å². The third kappa shape index (κ3) is 4.78. The molecule has 1 aromatic carbocycles. The molecule has 1 aromatic heterocycles. The van der Waals surface area contributed by atoms with Crippen molar-refractivity contribution in [2.75, 3.05) is 18.4 Å². The molecule has 2 aromatic rings. The van der Waals surface area contributed by atoms with Crippen LogP contribution in [-0.4, -0.2) is 33.9 Å². The lowest BCUT2D eigenvalue weighted by Gasteiger charge is -2.21. The molecule has 0 saturated heterocycles. The van der Waals surface area contributed by atoms with E-state index in [1.165, 1.54) is 5.56 Å². The zero-order chi connectivity index (χ0) is 17.5. The number of hydrogen-bond acceptors (Lipinski definition) is 4. The number of amides is 1. The number of nitrogens with one attached hydrogen (secondary N) is 1. The summed E-state index contributed by atoms with van der Waals surface area (Å²) in [6.45, 7) is 9.56. The van der Waals surface area contributed by atoms with E-state index >= 15 is 0 Å². The van der Waals surface area contributed by atoms with Gasteiger partial charge in [-0.2, -0.15) is 0 Å². The van der Waals surface area contributed by atoms with E-state index in [0.717, 1.165) is 37.3 Å². The highest BCUT2D eigenvalue weighted by Crippen LogP contribution is 2.15. The molecule has 0 fully saturated rings. The summed E-state index contributed by atoms with van der Waals surface area (Å²) in [6.07, 6.45) is 1.87. The minimum atomic E-state index is -0.0313. The second kappa shape index (κ2) is 8.43. The Labute approximate surface area is 144 Å². The van der Waals surface area contributed by atoms with E-state index in [1.807, 2.05) is 43.0 Å². The first kappa shape index (κ1) is 17.9. The maximum absolute atomic E-state index is 12.7. The largest absolute Gasteiger partial charge is 0.337 e. The fourth-order valence-electron chi connectivity index (χ4n) is 2.52. The first-order valence-electron chi connectivity index (χ1n) is 8.52. The average molecular weight is 326 g/mol. The van der Waals surface area contributed by atoms with Gasteiger partial charge in [-0.05, 0) is 44.9 Å². The topological polar surface area (TPSA) is 58.1 Å². The van der Waals surface area contributed by atoms with Crippen molar-refractivity contribution in [3.8, 4) is 0 Å². The van der Waals surface area contributed by atoms with E-state index in [0.29, 0.717) is 11.6 Å². The van der Waals surface area contributed by atoms with Crippen molar-refractivity contribution in [2.45, 2.75) is 40.5 Å². The van der Waals surface area contributed by atoms with Gasteiger partial charge in [0.25, 0.3) is 5.91 Å². The summed E-state index contributed by atoms with van der Waals surface area (Å²) in [5.41, 5.74) is 3.31. The highest BCUT2D eigenvalue weighted by molar-refractivity contribution is 5.92. The van der Waals surface area contributed by atoms with Gasteiger partial charge in [-0.1, -0.05) is 31.5 Å². The number of carbonyl (C=O) groups excluding carboxylic acids is 1. The van der Waals surface area contributed by atoms with Crippen LogP contribution in [0.1, 0.15) is 48.4 Å². The van der Waals surface area contributed by atoms with Gasteiger partial charge in [-0.3, -0.25) is 4.79 Å². The zero-order valence-electron chi connectivity index (χ0n) is 15.0. The van der Waals surface area contributed by atoms with E-state index < -0.39 is 0 Å². The lowest BCUT2D eigenvalue weighted by molar-refractivity contribution is 0.0749. The molecule has 0 aliphatic rings. The molecule has 1 amide bonds. The number of rotatable bonds is 7. The number of carbonyl (C=O) groups is 1. The Morgan fingerprint density at radius 3 is 2.25 bits per heavy atom. The third-order valence-electron chi connectivity index (χ3n) is 3.66. The molecule has 24 heavy (non-hydrogen) atoms. The molecule has 1 N–H and O–H groups in total. The minimum Gasteiger partial charge on any atom is -0.337 e. The van der Waals surface area contributed by atoms with Crippen molar-refractivity contribution in [3.05, 3.63) is 47.3 Å². The lowest BCUT2D eigenvalue weighted by Crippen LogP contribution is -2.33. The van der Waals surface area contributed by atoms with Gasteiger partial charge in [0.1, 0.15) is 5.69 Å². The molecule has 0 radical (unpaired) electrons. The van der Waals surface area contributed by atoms with Crippen LogP contribution in [0.2, 0.25) is 0 Å². The Hall–Kier alpha value is -2.43. The molecule has 5 nitrogen and oxygen atoms in total. The fraction of sp³-hybridized carbons (Fsp3) is 0.421. The predicted molar refractivity (Wildman–Crippen MR) is 97.7 cm³/mol. The summed E-state index contributed by atoms with van der Waals surface area (Å²) in [6, 6.07) is 9.75. The van der Waals surface area contributed by atoms with Gasteiger partial charge in [0.15, 0.2) is 0 Å². The Morgan fingerprint density at radius 2 is 1.67 bits per heavy atom. The SMILES string of the molecule is CCCN(CCC)C(=O)c1cc(C)nc(Nc2ccc(C)cc2)n1. The van der Waals surface area contributed by atoms with Gasteiger partial charge in [0.2, 0.25) is 5.95 Å². The number of aromatic nitrogens is 2. The van der Waals surface area contributed by atoms with Gasteiger partial charge in [0.05, 0.1) is 0 Å². The molecule has 0 spiro atoms. The molecule has 5 heteroatoms. The van der Waals surface area contributed by atoms with Crippen molar-refractivity contribution in [1.82, 2.24) is 14.9 Å². The highest BCUT2D eigenvalue weighted by Gasteiger charge is 2.17. The number of aryl methyl sites for hydroxylation is 2. The van der Waals surface area contributed by atoms with Gasteiger partial charge in [-0.25, -0.2) is 9.97 Å². The van der Waals surface area contributed by atoms with E-state index in [1.54, 1.807) is 6.07 Å². The predicted octanol–water partition coefficient (Wildman–Crippen LogP) is 4.10. The van der Waals surface area contributed by atoms with Crippen molar-refractivity contribution in [2.24, 2.45) is 0 Å². The molecule has 0 unspecified atom stereocenters. The molecule has 1 heterocycles. The van der Waals surface area contributed by atoms with Crippen LogP contribution in [0.4, 0.5) is 11.6 Å². The molecule has 0 aliphatic heterocycles. The Kier molecular flexibility index (Phi) is 6.29. The maximum atomic E-state index is 12.7. The number of anilines is 2. The summed E-state index contributed by atoms with van der Waals surface area (Å²) in [7, 11) is 0. The smallest absolute Gasteiger partial charge is 0.272 e. The third-order valence-corrected chi connectivity index (χ3v) is 3.66. The van der Waals surface area contributed by atoms with E-state index in [9.17, 15) is 4.79 Å². The quantitative estimate of drug-likeness (QED) is 0.832. The van der Waals surface area contributed by atoms with Gasteiger partial charge >= 0.3 is 0 Å². The number of nitrogens with zero attached hydrogens (tertiary/aromatic N) is 3. The van der Waals surface area contributed by atoms with Gasteiger partial charge < -0.3 is 10.2 Å².